The van der Waals surface area contributed by atoms with Crippen molar-refractivity contribution in [2.24, 2.45) is 4.99 Å². The third-order valence-corrected chi connectivity index (χ3v) is 4.26. The number of ether oxygens (including phenoxy) is 1. The Morgan fingerprint density at radius 3 is 2.32 bits per heavy atom. The van der Waals surface area contributed by atoms with Gasteiger partial charge in [-0.15, -0.1) is 24.0 Å². The number of guanidine groups is 1. The summed E-state index contributed by atoms with van der Waals surface area (Å²) in [6, 6.07) is 9.86. The Kier molecular flexibility index (Phi) is 11.6. The molecule has 0 bridgehead atoms. The van der Waals surface area contributed by atoms with Crippen LogP contribution < -0.4 is 15.4 Å². The van der Waals surface area contributed by atoms with Crippen LogP contribution in [0.15, 0.2) is 35.3 Å². The quantitative estimate of drug-likeness (QED) is 0.266. The number of hydrogen-bond acceptors (Lipinski definition) is 4. The van der Waals surface area contributed by atoms with Crippen molar-refractivity contribution < 1.29 is 4.74 Å². The number of piperazine rings is 1. The van der Waals surface area contributed by atoms with Crippen LogP contribution in [0.1, 0.15) is 6.92 Å². The number of aliphatic imine (C=N–C) groups is 1. The fraction of sp³-hybridized carbons (Fsp3) is 0.611. The van der Waals surface area contributed by atoms with Gasteiger partial charge in [-0.05, 0) is 18.7 Å². The minimum atomic E-state index is 0. The number of benzene rings is 1. The molecular formula is C18H32IN5O. The molecule has 1 aliphatic rings. The number of hydrogen-bond donors (Lipinski definition) is 2. The molecule has 1 aromatic carbocycles. The van der Waals surface area contributed by atoms with E-state index in [0.717, 1.165) is 51.0 Å². The molecule has 0 unspecified atom stereocenters. The van der Waals surface area contributed by atoms with E-state index in [4.69, 9.17) is 4.74 Å². The summed E-state index contributed by atoms with van der Waals surface area (Å²) >= 11 is 0. The highest BCUT2D eigenvalue weighted by atomic mass is 127. The molecule has 0 saturated carbocycles. The van der Waals surface area contributed by atoms with E-state index in [1.165, 1.54) is 13.1 Å². The van der Waals surface area contributed by atoms with E-state index in [1.54, 1.807) is 7.05 Å². The average molecular weight is 461 g/mol. The Morgan fingerprint density at radius 1 is 1.04 bits per heavy atom. The summed E-state index contributed by atoms with van der Waals surface area (Å²) in [5, 5.41) is 6.65. The molecule has 1 aromatic rings. The highest BCUT2D eigenvalue weighted by Crippen LogP contribution is 2.07. The number of nitrogens with zero attached hydrogens (tertiary/aromatic N) is 3. The molecule has 0 atom stereocenters. The summed E-state index contributed by atoms with van der Waals surface area (Å²) in [5.41, 5.74) is 0. The number of nitrogens with one attached hydrogen (secondary N) is 2. The first-order chi connectivity index (χ1) is 11.8. The van der Waals surface area contributed by atoms with Crippen molar-refractivity contribution in [2.45, 2.75) is 6.92 Å². The molecule has 1 aliphatic heterocycles. The first kappa shape index (κ1) is 22.0. The normalized spacial score (nSPS) is 16.2. The Labute approximate surface area is 169 Å². The molecule has 0 amide bonds. The van der Waals surface area contributed by atoms with Gasteiger partial charge in [0.15, 0.2) is 5.96 Å². The van der Waals surface area contributed by atoms with Crippen LogP contribution in [0.3, 0.4) is 0 Å². The summed E-state index contributed by atoms with van der Waals surface area (Å²) in [7, 11) is 1.80. The van der Waals surface area contributed by atoms with Crippen molar-refractivity contribution in [1.82, 2.24) is 20.4 Å². The van der Waals surface area contributed by atoms with Gasteiger partial charge in [-0.3, -0.25) is 9.89 Å². The monoisotopic (exact) mass is 461 g/mol. The van der Waals surface area contributed by atoms with Crippen molar-refractivity contribution in [3.63, 3.8) is 0 Å². The second-order valence-corrected chi connectivity index (χ2v) is 5.86. The number of rotatable bonds is 8. The van der Waals surface area contributed by atoms with Crippen LogP contribution in [0.25, 0.3) is 0 Å². The second-order valence-electron chi connectivity index (χ2n) is 5.86. The zero-order chi connectivity index (χ0) is 17.0. The van der Waals surface area contributed by atoms with Crippen molar-refractivity contribution in [3.05, 3.63) is 30.3 Å². The van der Waals surface area contributed by atoms with E-state index < -0.39 is 0 Å². The predicted octanol–water partition coefficient (Wildman–Crippen LogP) is 1.49. The van der Waals surface area contributed by atoms with E-state index in [-0.39, 0.29) is 24.0 Å². The van der Waals surface area contributed by atoms with E-state index in [1.807, 2.05) is 30.3 Å². The molecule has 25 heavy (non-hydrogen) atoms. The van der Waals surface area contributed by atoms with Crippen LogP contribution in [-0.4, -0.2) is 81.8 Å². The fourth-order valence-electron chi connectivity index (χ4n) is 2.74. The minimum Gasteiger partial charge on any atom is -0.492 e. The van der Waals surface area contributed by atoms with Gasteiger partial charge in [0.25, 0.3) is 0 Å². The number of likely N-dealkylation sites (N-methyl/N-ethyl adjacent to an activating group) is 1. The Morgan fingerprint density at radius 2 is 1.68 bits per heavy atom. The number of para-hydroxylation sites is 1. The van der Waals surface area contributed by atoms with E-state index in [9.17, 15) is 0 Å². The van der Waals surface area contributed by atoms with Crippen LogP contribution in [0.5, 0.6) is 5.75 Å². The average Bonchev–Trinajstić information content (AvgIpc) is 2.65. The highest BCUT2D eigenvalue weighted by molar-refractivity contribution is 14.0. The molecule has 142 valence electrons. The molecule has 1 saturated heterocycles. The maximum atomic E-state index is 5.66. The third kappa shape index (κ3) is 8.73. The van der Waals surface area contributed by atoms with Gasteiger partial charge in [0.05, 0.1) is 6.54 Å². The molecule has 1 fully saturated rings. The lowest BCUT2D eigenvalue weighted by Gasteiger charge is -2.34. The van der Waals surface area contributed by atoms with Crippen LogP contribution in [0.4, 0.5) is 0 Å². The second kappa shape index (κ2) is 13.2. The molecule has 1 heterocycles. The molecule has 6 nitrogen and oxygen atoms in total. The van der Waals surface area contributed by atoms with Crippen molar-refractivity contribution >= 4 is 29.9 Å². The minimum absolute atomic E-state index is 0. The van der Waals surface area contributed by atoms with Gasteiger partial charge in [0, 0.05) is 46.3 Å². The van der Waals surface area contributed by atoms with E-state index >= 15 is 0 Å². The summed E-state index contributed by atoms with van der Waals surface area (Å²) in [5.74, 6) is 1.73. The summed E-state index contributed by atoms with van der Waals surface area (Å²) in [6.45, 7) is 11.4. The molecule has 7 heteroatoms. The standard InChI is InChI=1S/C18H31N5O.HI/c1-3-22-12-14-23(15-13-22)11-9-20-18(19-2)21-10-16-24-17-7-5-4-6-8-17;/h4-8H,3,9-16H2,1-2H3,(H2,19,20,21);1H. The van der Waals surface area contributed by atoms with Crippen LogP contribution >= 0.6 is 24.0 Å². The molecule has 0 aliphatic carbocycles. The Bertz CT molecular complexity index is 478. The smallest absolute Gasteiger partial charge is 0.191 e. The summed E-state index contributed by atoms with van der Waals surface area (Å²) in [6.07, 6.45) is 0. The molecule has 2 rings (SSSR count). The number of halogens is 1. The van der Waals surface area contributed by atoms with Crippen LogP contribution in [0.2, 0.25) is 0 Å². The zero-order valence-corrected chi connectivity index (χ0v) is 17.7. The fourth-order valence-corrected chi connectivity index (χ4v) is 2.74. The van der Waals surface area contributed by atoms with Gasteiger partial charge in [0.1, 0.15) is 12.4 Å². The highest BCUT2D eigenvalue weighted by Gasteiger charge is 2.14. The zero-order valence-electron chi connectivity index (χ0n) is 15.4. The van der Waals surface area contributed by atoms with Gasteiger partial charge in [-0.1, -0.05) is 25.1 Å². The van der Waals surface area contributed by atoms with Crippen LogP contribution in [-0.2, 0) is 0 Å². The molecule has 0 radical (unpaired) electrons. The molecule has 0 aromatic heterocycles. The van der Waals surface area contributed by atoms with Gasteiger partial charge >= 0.3 is 0 Å². The lowest BCUT2D eigenvalue weighted by molar-refractivity contribution is 0.139. The lowest BCUT2D eigenvalue weighted by Crippen LogP contribution is -2.49. The van der Waals surface area contributed by atoms with Crippen molar-refractivity contribution in [2.75, 3.05) is 66.0 Å². The summed E-state index contributed by atoms with van der Waals surface area (Å²) < 4.78 is 5.66. The topological polar surface area (TPSA) is 52.1 Å². The third-order valence-electron chi connectivity index (χ3n) is 4.26. The molecule has 2 N–H and O–H groups in total. The Hall–Kier alpha value is -1.06. The van der Waals surface area contributed by atoms with E-state index in [2.05, 4.69) is 32.3 Å². The van der Waals surface area contributed by atoms with Gasteiger partial charge in [-0.2, -0.15) is 0 Å². The first-order valence-corrected chi connectivity index (χ1v) is 8.89. The SMILES string of the molecule is CCN1CCN(CCNC(=NC)NCCOc2ccccc2)CC1.I. The molecule has 0 spiro atoms. The lowest BCUT2D eigenvalue weighted by atomic mass is 10.3. The predicted molar refractivity (Wildman–Crippen MR) is 115 cm³/mol. The first-order valence-electron chi connectivity index (χ1n) is 8.89. The van der Waals surface area contributed by atoms with E-state index in [0.29, 0.717) is 6.61 Å². The Balaban J connectivity index is 0.00000312. The van der Waals surface area contributed by atoms with Gasteiger partial charge in [-0.25, -0.2) is 0 Å². The van der Waals surface area contributed by atoms with Gasteiger partial charge in [0.2, 0.25) is 0 Å². The van der Waals surface area contributed by atoms with Crippen molar-refractivity contribution in [3.8, 4) is 5.75 Å². The maximum absolute atomic E-state index is 5.66. The summed E-state index contributed by atoms with van der Waals surface area (Å²) in [4.78, 5) is 9.25. The van der Waals surface area contributed by atoms with Crippen molar-refractivity contribution in [1.29, 1.82) is 0 Å². The van der Waals surface area contributed by atoms with Crippen LogP contribution in [0, 0.1) is 0 Å². The molecular weight excluding hydrogens is 429 g/mol. The van der Waals surface area contributed by atoms with Gasteiger partial charge < -0.3 is 20.3 Å². The maximum Gasteiger partial charge on any atom is 0.191 e. The largest absolute Gasteiger partial charge is 0.492 e.